The second kappa shape index (κ2) is 8.77. The molecule has 0 spiro atoms. The highest BCUT2D eigenvalue weighted by atomic mass is 19.4. The number of aryl methyl sites for hydroxylation is 3. The Morgan fingerprint density at radius 2 is 1.62 bits per heavy atom. The van der Waals surface area contributed by atoms with Crippen molar-refractivity contribution in [1.82, 2.24) is 30.1 Å². The van der Waals surface area contributed by atoms with Crippen molar-refractivity contribution in [2.75, 3.05) is 0 Å². The van der Waals surface area contributed by atoms with Gasteiger partial charge in [-0.05, 0) is 63.6 Å². The van der Waals surface area contributed by atoms with Crippen molar-refractivity contribution in [1.29, 1.82) is 0 Å². The van der Waals surface area contributed by atoms with Crippen LogP contribution < -0.4 is 5.32 Å². The molecule has 0 unspecified atom stereocenters. The summed E-state index contributed by atoms with van der Waals surface area (Å²) >= 11 is 0. The Bertz CT molecular complexity index is 1350. The van der Waals surface area contributed by atoms with E-state index in [-0.39, 0.29) is 17.8 Å². The number of halogens is 3. The van der Waals surface area contributed by atoms with Crippen LogP contribution in [0.2, 0.25) is 0 Å². The van der Waals surface area contributed by atoms with Crippen LogP contribution in [0.15, 0.2) is 48.5 Å². The fourth-order valence-corrected chi connectivity index (χ4v) is 3.73. The van der Waals surface area contributed by atoms with Crippen molar-refractivity contribution in [3.63, 3.8) is 0 Å². The van der Waals surface area contributed by atoms with Crippen LogP contribution in [-0.4, -0.2) is 30.7 Å². The second-order valence-corrected chi connectivity index (χ2v) is 8.13. The third-order valence-electron chi connectivity index (χ3n) is 5.48. The van der Waals surface area contributed by atoms with Crippen LogP contribution >= 0.6 is 0 Å². The zero-order valence-corrected chi connectivity index (χ0v) is 19.1. The molecule has 0 saturated carbocycles. The summed E-state index contributed by atoms with van der Waals surface area (Å²) in [5.41, 5.74) is 3.16. The lowest BCUT2D eigenvalue weighted by Crippen LogP contribution is -2.25. The number of alkyl halides is 3. The highest BCUT2D eigenvalue weighted by Gasteiger charge is 2.34. The van der Waals surface area contributed by atoms with Gasteiger partial charge in [-0.3, -0.25) is 4.79 Å². The monoisotopic (exact) mass is 468 g/mol. The molecule has 176 valence electrons. The number of amides is 1. The van der Waals surface area contributed by atoms with Gasteiger partial charge in [-0.25, -0.2) is 9.36 Å². The number of hydrogen-bond acceptors (Lipinski definition) is 4. The van der Waals surface area contributed by atoms with Crippen molar-refractivity contribution in [2.24, 2.45) is 0 Å². The topological polar surface area (TPSA) is 77.6 Å². The molecular weight excluding hydrogens is 445 g/mol. The van der Waals surface area contributed by atoms with Crippen LogP contribution in [0.5, 0.6) is 0 Å². The van der Waals surface area contributed by atoms with Gasteiger partial charge >= 0.3 is 6.18 Å². The number of carbonyl (C=O) groups is 1. The molecule has 0 aliphatic rings. The van der Waals surface area contributed by atoms with E-state index in [1.807, 2.05) is 31.2 Å². The van der Waals surface area contributed by atoms with Gasteiger partial charge in [0.15, 0.2) is 5.69 Å². The lowest BCUT2D eigenvalue weighted by Gasteiger charge is -2.15. The maximum Gasteiger partial charge on any atom is 0.416 e. The first-order valence-corrected chi connectivity index (χ1v) is 10.6. The van der Waals surface area contributed by atoms with E-state index in [0.717, 1.165) is 23.0 Å². The highest BCUT2D eigenvalue weighted by molar-refractivity contribution is 5.93. The summed E-state index contributed by atoms with van der Waals surface area (Å²) in [7, 11) is 0. The molecule has 2 aromatic carbocycles. The SMILES string of the molecule is Cc1ccc(-n2nnc(C(=O)NCc3ccc(-n4nc(C)cc4C)cc3C(F)(F)F)c2C)cc1. The average Bonchev–Trinajstić information content (AvgIpc) is 3.33. The van der Waals surface area contributed by atoms with Gasteiger partial charge in [0.1, 0.15) is 0 Å². The second-order valence-electron chi connectivity index (χ2n) is 8.13. The molecule has 34 heavy (non-hydrogen) atoms. The van der Waals surface area contributed by atoms with E-state index in [9.17, 15) is 18.0 Å². The van der Waals surface area contributed by atoms with Crippen LogP contribution in [0.1, 0.15) is 44.3 Å². The van der Waals surface area contributed by atoms with Crippen molar-refractivity contribution in [3.8, 4) is 11.4 Å². The van der Waals surface area contributed by atoms with E-state index in [1.165, 1.54) is 15.4 Å². The van der Waals surface area contributed by atoms with Gasteiger partial charge in [0.2, 0.25) is 0 Å². The highest BCUT2D eigenvalue weighted by Crippen LogP contribution is 2.33. The summed E-state index contributed by atoms with van der Waals surface area (Å²) in [4.78, 5) is 12.7. The molecule has 0 bridgehead atoms. The third kappa shape index (κ3) is 4.57. The molecule has 0 saturated heterocycles. The third-order valence-corrected chi connectivity index (χ3v) is 5.48. The van der Waals surface area contributed by atoms with E-state index >= 15 is 0 Å². The summed E-state index contributed by atoms with van der Waals surface area (Å²) in [6.07, 6.45) is -4.60. The Kier molecular flexibility index (Phi) is 5.99. The number of rotatable bonds is 5. The van der Waals surface area contributed by atoms with Gasteiger partial charge in [0, 0.05) is 12.2 Å². The minimum atomic E-state index is -4.60. The van der Waals surface area contributed by atoms with E-state index in [4.69, 9.17) is 0 Å². The van der Waals surface area contributed by atoms with Crippen molar-refractivity contribution in [3.05, 3.63) is 88.0 Å². The van der Waals surface area contributed by atoms with Gasteiger partial charge in [-0.1, -0.05) is 29.0 Å². The first-order valence-electron chi connectivity index (χ1n) is 10.6. The molecule has 4 aromatic rings. The molecule has 0 fully saturated rings. The van der Waals surface area contributed by atoms with E-state index in [2.05, 4.69) is 20.7 Å². The Morgan fingerprint density at radius 1 is 0.941 bits per heavy atom. The zero-order valence-electron chi connectivity index (χ0n) is 19.1. The molecular formula is C24H23F3N6O. The van der Waals surface area contributed by atoms with Gasteiger partial charge < -0.3 is 5.32 Å². The molecule has 2 aromatic heterocycles. The fraction of sp³-hybridized carbons (Fsp3) is 0.250. The number of hydrogen-bond donors (Lipinski definition) is 1. The van der Waals surface area contributed by atoms with Gasteiger partial charge in [-0.2, -0.15) is 18.3 Å². The van der Waals surface area contributed by atoms with Crippen LogP contribution in [-0.2, 0) is 12.7 Å². The lowest BCUT2D eigenvalue weighted by molar-refractivity contribution is -0.138. The minimum absolute atomic E-state index is 0.0494. The first-order chi connectivity index (χ1) is 16.0. The molecule has 0 aliphatic carbocycles. The summed E-state index contributed by atoms with van der Waals surface area (Å²) in [6, 6.07) is 13.2. The lowest BCUT2D eigenvalue weighted by atomic mass is 10.1. The molecule has 0 radical (unpaired) electrons. The fourth-order valence-electron chi connectivity index (χ4n) is 3.73. The van der Waals surface area contributed by atoms with Crippen LogP contribution in [0.25, 0.3) is 11.4 Å². The van der Waals surface area contributed by atoms with E-state index < -0.39 is 17.6 Å². The number of aromatic nitrogens is 5. The standard InChI is InChI=1S/C24H23F3N6O/c1-14-5-8-19(9-6-14)33-17(4)22(29-31-33)23(34)28-13-18-7-10-20(12-21(18)24(25,26)27)32-16(3)11-15(2)30-32/h5-12H,13H2,1-4H3,(H,28,34). The normalized spacial score (nSPS) is 11.6. The minimum Gasteiger partial charge on any atom is -0.346 e. The predicted molar refractivity (Wildman–Crippen MR) is 120 cm³/mol. The maximum absolute atomic E-state index is 13.8. The number of nitrogens with one attached hydrogen (secondary N) is 1. The molecule has 1 N–H and O–H groups in total. The number of nitrogens with zero attached hydrogens (tertiary/aromatic N) is 5. The number of carbonyl (C=O) groups excluding carboxylic acids is 1. The van der Waals surface area contributed by atoms with E-state index in [1.54, 1.807) is 32.9 Å². The molecule has 10 heteroatoms. The van der Waals surface area contributed by atoms with Gasteiger partial charge in [0.25, 0.3) is 5.91 Å². The quantitative estimate of drug-likeness (QED) is 0.463. The molecule has 0 atom stereocenters. The Hall–Kier alpha value is -3.95. The van der Waals surface area contributed by atoms with Crippen LogP contribution in [0, 0.1) is 27.7 Å². The zero-order chi connectivity index (χ0) is 24.6. The maximum atomic E-state index is 13.8. The van der Waals surface area contributed by atoms with Crippen molar-refractivity contribution in [2.45, 2.75) is 40.4 Å². The van der Waals surface area contributed by atoms with Gasteiger partial charge in [-0.15, -0.1) is 5.10 Å². The van der Waals surface area contributed by atoms with Crippen LogP contribution in [0.4, 0.5) is 13.2 Å². The first kappa shape index (κ1) is 23.2. The summed E-state index contributed by atoms with van der Waals surface area (Å²) in [6.45, 7) is 6.86. The summed E-state index contributed by atoms with van der Waals surface area (Å²) in [5.74, 6) is -0.605. The van der Waals surface area contributed by atoms with E-state index in [0.29, 0.717) is 17.1 Å². The molecule has 1 amide bonds. The molecule has 2 heterocycles. The Morgan fingerprint density at radius 3 is 2.24 bits per heavy atom. The number of benzene rings is 2. The average molecular weight is 468 g/mol. The molecule has 4 rings (SSSR count). The predicted octanol–water partition coefficient (Wildman–Crippen LogP) is 4.64. The van der Waals surface area contributed by atoms with Crippen molar-refractivity contribution >= 4 is 5.91 Å². The molecule has 7 nitrogen and oxygen atoms in total. The molecule has 0 aliphatic heterocycles. The summed E-state index contributed by atoms with van der Waals surface area (Å²) < 4.78 is 44.4. The Balaban J connectivity index is 1.57. The smallest absolute Gasteiger partial charge is 0.346 e. The Labute approximate surface area is 194 Å². The largest absolute Gasteiger partial charge is 0.416 e. The van der Waals surface area contributed by atoms with Gasteiger partial charge in [0.05, 0.1) is 28.3 Å². The summed E-state index contributed by atoms with van der Waals surface area (Å²) in [5, 5.41) is 14.7. The van der Waals surface area contributed by atoms with Crippen LogP contribution in [0.3, 0.4) is 0 Å². The van der Waals surface area contributed by atoms with Crippen molar-refractivity contribution < 1.29 is 18.0 Å².